The van der Waals surface area contributed by atoms with E-state index >= 15 is 0 Å². The Morgan fingerprint density at radius 1 is 1.09 bits per heavy atom. The molecule has 0 saturated carbocycles. The van der Waals surface area contributed by atoms with Crippen molar-refractivity contribution >= 4 is 17.5 Å². The second-order valence-corrected chi connectivity index (χ2v) is 5.77. The molecule has 0 radical (unpaired) electrons. The van der Waals surface area contributed by atoms with Crippen LogP contribution in [0, 0.1) is 5.92 Å². The summed E-state index contributed by atoms with van der Waals surface area (Å²) in [6.45, 7) is 3.11. The van der Waals surface area contributed by atoms with E-state index in [1.54, 1.807) is 4.90 Å². The van der Waals surface area contributed by atoms with Gasteiger partial charge >= 0.3 is 0 Å². The van der Waals surface area contributed by atoms with E-state index in [0.29, 0.717) is 19.5 Å². The molecule has 3 rings (SSSR count). The standard InChI is InChI=1S/C19H20N2O2/c1-2-21-13-16(12-18(21)22)19(23)20-17-10-8-15(9-11-17)14-6-4-3-5-7-14/h3-11,16H,2,12-13H2,1H3,(H,20,23). The number of nitrogens with zero attached hydrogens (tertiary/aromatic N) is 1. The van der Waals surface area contributed by atoms with E-state index in [1.807, 2.05) is 49.4 Å². The van der Waals surface area contributed by atoms with E-state index in [4.69, 9.17) is 0 Å². The van der Waals surface area contributed by atoms with E-state index in [-0.39, 0.29) is 17.7 Å². The Balaban J connectivity index is 1.65. The molecule has 1 atom stereocenters. The molecule has 0 spiro atoms. The molecule has 4 heteroatoms. The van der Waals surface area contributed by atoms with Crippen LogP contribution in [0.3, 0.4) is 0 Å². The van der Waals surface area contributed by atoms with Gasteiger partial charge < -0.3 is 10.2 Å². The van der Waals surface area contributed by atoms with Crippen LogP contribution in [-0.2, 0) is 9.59 Å². The van der Waals surface area contributed by atoms with Crippen LogP contribution in [0.5, 0.6) is 0 Å². The van der Waals surface area contributed by atoms with Crippen molar-refractivity contribution in [1.29, 1.82) is 0 Å². The molecule has 2 amide bonds. The fraction of sp³-hybridized carbons (Fsp3) is 0.263. The summed E-state index contributed by atoms with van der Waals surface area (Å²) in [5.41, 5.74) is 3.01. The SMILES string of the molecule is CCN1CC(C(=O)Nc2ccc(-c3ccccc3)cc2)CC1=O. The number of hydrogen-bond donors (Lipinski definition) is 1. The number of carbonyl (C=O) groups is 2. The lowest BCUT2D eigenvalue weighted by Crippen LogP contribution is -2.28. The third-order valence-electron chi connectivity index (χ3n) is 4.23. The first kappa shape index (κ1) is 15.3. The summed E-state index contributed by atoms with van der Waals surface area (Å²) in [5.74, 6) is -0.273. The Bertz CT molecular complexity index is 695. The summed E-state index contributed by atoms with van der Waals surface area (Å²) in [6, 6.07) is 17.9. The van der Waals surface area contributed by atoms with Crippen LogP contribution >= 0.6 is 0 Å². The minimum Gasteiger partial charge on any atom is -0.342 e. The molecule has 1 aliphatic rings. The van der Waals surface area contributed by atoms with Gasteiger partial charge in [0.1, 0.15) is 0 Å². The fourth-order valence-electron chi connectivity index (χ4n) is 2.87. The monoisotopic (exact) mass is 308 g/mol. The van der Waals surface area contributed by atoms with Gasteiger partial charge in [0.15, 0.2) is 0 Å². The smallest absolute Gasteiger partial charge is 0.229 e. The molecule has 23 heavy (non-hydrogen) atoms. The van der Waals surface area contributed by atoms with Crippen molar-refractivity contribution in [3.63, 3.8) is 0 Å². The lowest BCUT2D eigenvalue weighted by molar-refractivity contribution is -0.128. The fourth-order valence-corrected chi connectivity index (χ4v) is 2.87. The van der Waals surface area contributed by atoms with Crippen LogP contribution in [0.2, 0.25) is 0 Å². The summed E-state index contributed by atoms with van der Waals surface area (Å²) in [5, 5.41) is 2.91. The average molecular weight is 308 g/mol. The molecule has 1 heterocycles. The number of amides is 2. The molecule has 2 aromatic carbocycles. The zero-order valence-electron chi connectivity index (χ0n) is 13.2. The van der Waals surface area contributed by atoms with Crippen molar-refractivity contribution in [2.24, 2.45) is 5.92 Å². The second-order valence-electron chi connectivity index (χ2n) is 5.77. The molecule has 1 N–H and O–H groups in total. The lowest BCUT2D eigenvalue weighted by atomic mass is 10.1. The minimum absolute atomic E-state index is 0.0621. The van der Waals surface area contributed by atoms with Gasteiger partial charge in [0.25, 0.3) is 0 Å². The summed E-state index contributed by atoms with van der Waals surface area (Å²) < 4.78 is 0. The Labute approximate surface area is 136 Å². The summed E-state index contributed by atoms with van der Waals surface area (Å²) in [7, 11) is 0. The molecule has 1 unspecified atom stereocenters. The van der Waals surface area contributed by atoms with Gasteiger partial charge in [-0.15, -0.1) is 0 Å². The maximum atomic E-state index is 12.3. The molecule has 4 nitrogen and oxygen atoms in total. The predicted molar refractivity (Wildman–Crippen MR) is 90.9 cm³/mol. The number of benzene rings is 2. The predicted octanol–water partition coefficient (Wildman–Crippen LogP) is 3.16. The highest BCUT2D eigenvalue weighted by Crippen LogP contribution is 2.23. The van der Waals surface area contributed by atoms with Crippen molar-refractivity contribution in [2.45, 2.75) is 13.3 Å². The van der Waals surface area contributed by atoms with Crippen LogP contribution < -0.4 is 5.32 Å². The molecule has 2 aromatic rings. The number of rotatable bonds is 4. The van der Waals surface area contributed by atoms with Gasteiger partial charge in [0.05, 0.1) is 5.92 Å². The number of carbonyl (C=O) groups excluding carboxylic acids is 2. The molecular weight excluding hydrogens is 288 g/mol. The zero-order chi connectivity index (χ0) is 16.2. The normalized spacial score (nSPS) is 17.3. The number of hydrogen-bond acceptors (Lipinski definition) is 2. The highest BCUT2D eigenvalue weighted by molar-refractivity contribution is 5.97. The van der Waals surface area contributed by atoms with Crippen LogP contribution in [0.1, 0.15) is 13.3 Å². The third kappa shape index (κ3) is 3.42. The van der Waals surface area contributed by atoms with Gasteiger partial charge in [-0.1, -0.05) is 42.5 Å². The summed E-state index contributed by atoms with van der Waals surface area (Å²) in [4.78, 5) is 25.7. The average Bonchev–Trinajstić information content (AvgIpc) is 2.97. The second kappa shape index (κ2) is 6.65. The van der Waals surface area contributed by atoms with Gasteiger partial charge in [-0.3, -0.25) is 9.59 Å². The topological polar surface area (TPSA) is 49.4 Å². The first-order valence-corrected chi connectivity index (χ1v) is 7.91. The van der Waals surface area contributed by atoms with Crippen LogP contribution in [0.4, 0.5) is 5.69 Å². The zero-order valence-corrected chi connectivity index (χ0v) is 13.2. The first-order chi connectivity index (χ1) is 11.2. The largest absolute Gasteiger partial charge is 0.342 e. The highest BCUT2D eigenvalue weighted by atomic mass is 16.2. The van der Waals surface area contributed by atoms with E-state index in [2.05, 4.69) is 17.4 Å². The number of likely N-dealkylation sites (tertiary alicyclic amines) is 1. The van der Waals surface area contributed by atoms with E-state index in [9.17, 15) is 9.59 Å². The van der Waals surface area contributed by atoms with Gasteiger partial charge in [-0.25, -0.2) is 0 Å². The van der Waals surface area contributed by atoms with Crippen molar-refractivity contribution in [1.82, 2.24) is 4.90 Å². The molecule has 0 aliphatic carbocycles. The molecule has 0 aromatic heterocycles. The number of anilines is 1. The summed E-state index contributed by atoms with van der Waals surface area (Å²) >= 11 is 0. The van der Waals surface area contributed by atoms with Gasteiger partial charge in [0, 0.05) is 25.2 Å². The Morgan fingerprint density at radius 2 is 1.74 bits per heavy atom. The molecule has 1 fully saturated rings. The third-order valence-corrected chi connectivity index (χ3v) is 4.23. The molecular formula is C19H20N2O2. The van der Waals surface area contributed by atoms with Crippen LogP contribution in [0.15, 0.2) is 54.6 Å². The van der Waals surface area contributed by atoms with Crippen LogP contribution in [0.25, 0.3) is 11.1 Å². The molecule has 1 saturated heterocycles. The van der Waals surface area contributed by atoms with Crippen LogP contribution in [-0.4, -0.2) is 29.8 Å². The minimum atomic E-state index is -0.253. The molecule has 118 valence electrons. The van der Waals surface area contributed by atoms with E-state index in [1.165, 1.54) is 0 Å². The van der Waals surface area contributed by atoms with E-state index in [0.717, 1.165) is 16.8 Å². The molecule has 0 bridgehead atoms. The maximum Gasteiger partial charge on any atom is 0.229 e. The van der Waals surface area contributed by atoms with Crippen molar-refractivity contribution in [3.8, 4) is 11.1 Å². The Hall–Kier alpha value is -2.62. The lowest BCUT2D eigenvalue weighted by Gasteiger charge is -2.13. The van der Waals surface area contributed by atoms with Crippen molar-refractivity contribution < 1.29 is 9.59 Å². The van der Waals surface area contributed by atoms with Gasteiger partial charge in [-0.2, -0.15) is 0 Å². The van der Waals surface area contributed by atoms with E-state index < -0.39 is 0 Å². The first-order valence-electron chi connectivity index (χ1n) is 7.91. The van der Waals surface area contributed by atoms with Crippen molar-refractivity contribution in [2.75, 3.05) is 18.4 Å². The number of nitrogens with one attached hydrogen (secondary N) is 1. The quantitative estimate of drug-likeness (QED) is 0.943. The molecule has 1 aliphatic heterocycles. The maximum absolute atomic E-state index is 12.3. The Kier molecular flexibility index (Phi) is 4.42. The van der Waals surface area contributed by atoms with Gasteiger partial charge in [0.2, 0.25) is 11.8 Å². The Morgan fingerprint density at radius 3 is 2.35 bits per heavy atom. The van der Waals surface area contributed by atoms with Crippen molar-refractivity contribution in [3.05, 3.63) is 54.6 Å². The summed E-state index contributed by atoms with van der Waals surface area (Å²) in [6.07, 6.45) is 0.307. The van der Waals surface area contributed by atoms with Gasteiger partial charge in [-0.05, 0) is 30.2 Å². The highest BCUT2D eigenvalue weighted by Gasteiger charge is 2.33.